The number of benzene rings is 1. The number of rotatable bonds is 7. The fourth-order valence-corrected chi connectivity index (χ4v) is 4.10. The largest absolute Gasteiger partial charge is 0.309 e. The number of thioether (sulfide) groups is 1. The van der Waals surface area contributed by atoms with Crippen molar-refractivity contribution in [3.63, 3.8) is 0 Å². The van der Waals surface area contributed by atoms with E-state index in [1.54, 1.807) is 11.3 Å². The molecule has 0 aliphatic rings. The molecule has 0 aliphatic heterocycles. The van der Waals surface area contributed by atoms with Gasteiger partial charge < -0.3 is 5.32 Å². The normalized spacial score (nSPS) is 12.6. The molecule has 114 valence electrons. The summed E-state index contributed by atoms with van der Waals surface area (Å²) in [5.41, 5.74) is 5.22. The third-order valence-corrected chi connectivity index (χ3v) is 5.78. The van der Waals surface area contributed by atoms with Crippen molar-refractivity contribution in [2.24, 2.45) is 0 Å². The van der Waals surface area contributed by atoms with Crippen molar-refractivity contribution < 1.29 is 0 Å². The maximum Gasteiger partial charge on any atom is 0.150 e. The molecule has 1 atom stereocenters. The first-order chi connectivity index (χ1) is 10.1. The zero-order valence-electron chi connectivity index (χ0n) is 13.3. The van der Waals surface area contributed by atoms with Gasteiger partial charge in [-0.2, -0.15) is 0 Å². The van der Waals surface area contributed by atoms with Crippen molar-refractivity contribution in [2.45, 2.75) is 44.5 Å². The summed E-state index contributed by atoms with van der Waals surface area (Å²) in [6.07, 6.45) is 1.16. The molecule has 1 unspecified atom stereocenters. The average molecular weight is 321 g/mol. The van der Waals surface area contributed by atoms with Crippen molar-refractivity contribution in [3.8, 4) is 0 Å². The highest BCUT2D eigenvalue weighted by Gasteiger charge is 2.13. The van der Waals surface area contributed by atoms with E-state index in [0.717, 1.165) is 24.4 Å². The van der Waals surface area contributed by atoms with E-state index in [4.69, 9.17) is 0 Å². The first-order valence-corrected chi connectivity index (χ1v) is 9.32. The van der Waals surface area contributed by atoms with Gasteiger partial charge in [-0.05, 0) is 50.4 Å². The van der Waals surface area contributed by atoms with E-state index in [-0.39, 0.29) is 0 Å². The third-order valence-electron chi connectivity index (χ3n) is 3.55. The topological polar surface area (TPSA) is 24.9 Å². The number of hydrogen-bond acceptors (Lipinski definition) is 4. The predicted octanol–water partition coefficient (Wildman–Crippen LogP) is 4.90. The van der Waals surface area contributed by atoms with Crippen LogP contribution < -0.4 is 5.32 Å². The summed E-state index contributed by atoms with van der Waals surface area (Å²) in [5.74, 6) is 1.02. The van der Waals surface area contributed by atoms with Gasteiger partial charge >= 0.3 is 0 Å². The summed E-state index contributed by atoms with van der Waals surface area (Å²) >= 11 is 3.59. The van der Waals surface area contributed by atoms with Crippen LogP contribution in [0.2, 0.25) is 0 Å². The van der Waals surface area contributed by atoms with E-state index in [1.807, 2.05) is 11.8 Å². The fourth-order valence-electron chi connectivity index (χ4n) is 2.13. The Morgan fingerprint density at radius 2 is 2.05 bits per heavy atom. The van der Waals surface area contributed by atoms with Crippen LogP contribution in [0.15, 0.2) is 27.9 Å². The lowest BCUT2D eigenvalue weighted by Crippen LogP contribution is -2.24. The summed E-state index contributed by atoms with van der Waals surface area (Å²) < 4.78 is 1.17. The Bertz CT molecular complexity index is 578. The van der Waals surface area contributed by atoms with Crippen molar-refractivity contribution in [1.29, 1.82) is 0 Å². The second kappa shape index (κ2) is 7.97. The van der Waals surface area contributed by atoms with Gasteiger partial charge in [0, 0.05) is 22.9 Å². The lowest BCUT2D eigenvalue weighted by Gasteiger charge is -2.19. The zero-order chi connectivity index (χ0) is 15.2. The van der Waals surface area contributed by atoms with Gasteiger partial charge in [-0.25, -0.2) is 4.98 Å². The van der Waals surface area contributed by atoms with Gasteiger partial charge in [0.1, 0.15) is 4.34 Å². The second-order valence-electron chi connectivity index (χ2n) is 5.42. The number of aromatic nitrogens is 1. The standard InChI is InChI=1S/C17H24N2S2/c1-5-8-18-16(11-21-17-19-14(4)10-20-17)15-7-6-12(2)13(3)9-15/h6-7,9-10,16,18H,5,8,11H2,1-4H3. The van der Waals surface area contributed by atoms with Gasteiger partial charge in [-0.1, -0.05) is 36.9 Å². The molecule has 2 aromatic rings. The van der Waals surface area contributed by atoms with E-state index < -0.39 is 0 Å². The number of aryl methyl sites for hydroxylation is 3. The Kier molecular flexibility index (Phi) is 6.27. The molecule has 2 nitrogen and oxygen atoms in total. The summed E-state index contributed by atoms with van der Waals surface area (Å²) in [5, 5.41) is 5.78. The summed E-state index contributed by atoms with van der Waals surface area (Å²) in [4.78, 5) is 4.54. The molecule has 0 saturated carbocycles. The summed E-state index contributed by atoms with van der Waals surface area (Å²) in [6.45, 7) is 9.67. The van der Waals surface area contributed by atoms with Crippen LogP contribution in [0.3, 0.4) is 0 Å². The molecule has 1 aromatic heterocycles. The minimum absolute atomic E-state index is 0.387. The molecule has 0 amide bonds. The average Bonchev–Trinajstić information content (AvgIpc) is 2.88. The van der Waals surface area contributed by atoms with Crippen LogP contribution in [0.4, 0.5) is 0 Å². The van der Waals surface area contributed by atoms with Gasteiger partial charge in [-0.15, -0.1) is 11.3 Å². The van der Waals surface area contributed by atoms with E-state index in [1.165, 1.54) is 21.0 Å². The zero-order valence-corrected chi connectivity index (χ0v) is 14.9. The van der Waals surface area contributed by atoms with Gasteiger partial charge in [0.25, 0.3) is 0 Å². The Labute approximate surface area is 136 Å². The maximum atomic E-state index is 4.54. The highest BCUT2D eigenvalue weighted by molar-refractivity contribution is 8.01. The monoisotopic (exact) mass is 320 g/mol. The van der Waals surface area contributed by atoms with Crippen LogP contribution in [0.5, 0.6) is 0 Å². The van der Waals surface area contributed by atoms with Crippen LogP contribution in [-0.2, 0) is 0 Å². The molecular formula is C17H24N2S2. The third kappa shape index (κ3) is 4.83. The van der Waals surface area contributed by atoms with Crippen LogP contribution in [-0.4, -0.2) is 17.3 Å². The molecule has 1 N–H and O–H groups in total. The smallest absolute Gasteiger partial charge is 0.150 e. The van der Waals surface area contributed by atoms with E-state index in [2.05, 4.69) is 61.6 Å². The number of nitrogens with one attached hydrogen (secondary N) is 1. The lowest BCUT2D eigenvalue weighted by atomic mass is 10.0. The molecule has 1 heterocycles. The van der Waals surface area contributed by atoms with Crippen LogP contribution in [0.1, 0.15) is 41.8 Å². The van der Waals surface area contributed by atoms with E-state index >= 15 is 0 Å². The van der Waals surface area contributed by atoms with Crippen molar-refractivity contribution in [2.75, 3.05) is 12.3 Å². The minimum Gasteiger partial charge on any atom is -0.309 e. The number of nitrogens with zero attached hydrogens (tertiary/aromatic N) is 1. The number of thiazole rings is 1. The molecule has 21 heavy (non-hydrogen) atoms. The number of hydrogen-bond donors (Lipinski definition) is 1. The Balaban J connectivity index is 2.07. The first kappa shape index (κ1) is 16.5. The van der Waals surface area contributed by atoms with Gasteiger partial charge in [0.2, 0.25) is 0 Å². The Morgan fingerprint density at radius 1 is 1.24 bits per heavy atom. The highest BCUT2D eigenvalue weighted by atomic mass is 32.2. The second-order valence-corrected chi connectivity index (χ2v) is 7.54. The summed E-state index contributed by atoms with van der Waals surface area (Å²) in [7, 11) is 0. The SMILES string of the molecule is CCCNC(CSc1nc(C)cs1)c1ccc(C)c(C)c1. The van der Waals surface area contributed by atoms with Gasteiger partial charge in [-0.3, -0.25) is 0 Å². The quantitative estimate of drug-likeness (QED) is 0.734. The maximum absolute atomic E-state index is 4.54. The molecular weight excluding hydrogens is 296 g/mol. The highest BCUT2D eigenvalue weighted by Crippen LogP contribution is 2.28. The van der Waals surface area contributed by atoms with Crippen molar-refractivity contribution >= 4 is 23.1 Å². The first-order valence-electron chi connectivity index (χ1n) is 7.45. The molecule has 1 aromatic carbocycles. The molecule has 0 spiro atoms. The van der Waals surface area contributed by atoms with E-state index in [9.17, 15) is 0 Å². The lowest BCUT2D eigenvalue weighted by molar-refractivity contribution is 0.577. The Morgan fingerprint density at radius 3 is 2.67 bits per heavy atom. The minimum atomic E-state index is 0.387. The molecule has 4 heteroatoms. The molecule has 0 radical (unpaired) electrons. The molecule has 0 bridgehead atoms. The fraction of sp³-hybridized carbons (Fsp3) is 0.471. The van der Waals surface area contributed by atoms with Crippen molar-refractivity contribution in [1.82, 2.24) is 10.3 Å². The van der Waals surface area contributed by atoms with Crippen molar-refractivity contribution in [3.05, 3.63) is 46.0 Å². The summed E-state index contributed by atoms with van der Waals surface area (Å²) in [6, 6.07) is 7.18. The van der Waals surface area contributed by atoms with Crippen LogP contribution in [0, 0.1) is 20.8 Å². The molecule has 0 fully saturated rings. The van der Waals surface area contributed by atoms with Crippen LogP contribution in [0.25, 0.3) is 0 Å². The molecule has 2 rings (SSSR count). The van der Waals surface area contributed by atoms with Gasteiger partial charge in [0.15, 0.2) is 0 Å². The molecule has 0 aliphatic carbocycles. The van der Waals surface area contributed by atoms with Crippen LogP contribution >= 0.6 is 23.1 Å². The van der Waals surface area contributed by atoms with Gasteiger partial charge in [0.05, 0.1) is 0 Å². The molecule has 0 saturated heterocycles. The predicted molar refractivity (Wildman–Crippen MR) is 94.5 cm³/mol. The van der Waals surface area contributed by atoms with E-state index in [0.29, 0.717) is 6.04 Å². The Hall–Kier alpha value is -0.840.